The third-order valence-electron chi connectivity index (χ3n) is 5.76. The highest BCUT2D eigenvalue weighted by atomic mass is 16.5. The van der Waals surface area contributed by atoms with Crippen LogP contribution >= 0.6 is 0 Å². The van der Waals surface area contributed by atoms with Gasteiger partial charge in [-0.15, -0.1) is 0 Å². The number of ether oxygens (including phenoxy) is 1. The highest BCUT2D eigenvalue weighted by Gasteiger charge is 2.22. The van der Waals surface area contributed by atoms with Crippen LogP contribution in [-0.2, 0) is 12.0 Å². The predicted molar refractivity (Wildman–Crippen MR) is 120 cm³/mol. The molecule has 4 nitrogen and oxygen atoms in total. The van der Waals surface area contributed by atoms with Crippen LogP contribution in [0.25, 0.3) is 10.8 Å². The molecule has 2 heterocycles. The Morgan fingerprint density at radius 1 is 1.10 bits per heavy atom. The summed E-state index contributed by atoms with van der Waals surface area (Å²) in [6, 6.07) is 17.1. The number of nitrogens with zero attached hydrogens (tertiary/aromatic N) is 2. The number of aromatic nitrogens is 1. The molecular weight excluding hydrogens is 358 g/mol. The van der Waals surface area contributed by atoms with Crippen molar-refractivity contribution in [3.05, 3.63) is 65.9 Å². The minimum Gasteiger partial charge on any atom is -0.489 e. The number of anilines is 1. The van der Waals surface area contributed by atoms with E-state index in [0.29, 0.717) is 5.82 Å². The summed E-state index contributed by atoms with van der Waals surface area (Å²) in [5.41, 5.74) is 8.90. The van der Waals surface area contributed by atoms with E-state index in [2.05, 4.69) is 61.0 Å². The number of nitrogen functional groups attached to an aromatic ring is 1. The lowest BCUT2D eigenvalue weighted by Gasteiger charge is -2.33. The second-order valence-corrected chi connectivity index (χ2v) is 9.14. The SMILES string of the molecule is CC(C)(C)c1ccc(CN2CCCC(Oc3ccc4c(N)nccc4c3)C2)cc1. The average molecular weight is 390 g/mol. The second kappa shape index (κ2) is 8.03. The van der Waals surface area contributed by atoms with Gasteiger partial charge in [0.25, 0.3) is 0 Å². The Morgan fingerprint density at radius 2 is 1.90 bits per heavy atom. The first-order chi connectivity index (χ1) is 13.9. The third-order valence-corrected chi connectivity index (χ3v) is 5.76. The molecule has 1 saturated heterocycles. The smallest absolute Gasteiger partial charge is 0.131 e. The van der Waals surface area contributed by atoms with Gasteiger partial charge in [0.1, 0.15) is 17.7 Å². The summed E-state index contributed by atoms with van der Waals surface area (Å²) in [5.74, 6) is 1.47. The van der Waals surface area contributed by atoms with Crippen LogP contribution in [0.5, 0.6) is 5.75 Å². The maximum atomic E-state index is 6.33. The van der Waals surface area contributed by atoms with Gasteiger partial charge >= 0.3 is 0 Å². The summed E-state index contributed by atoms with van der Waals surface area (Å²) in [5, 5.41) is 2.05. The molecule has 29 heavy (non-hydrogen) atoms. The van der Waals surface area contributed by atoms with Gasteiger partial charge in [-0.1, -0.05) is 45.0 Å². The Morgan fingerprint density at radius 3 is 2.66 bits per heavy atom. The second-order valence-electron chi connectivity index (χ2n) is 9.14. The molecule has 4 heteroatoms. The van der Waals surface area contributed by atoms with Crippen molar-refractivity contribution in [1.82, 2.24) is 9.88 Å². The summed E-state index contributed by atoms with van der Waals surface area (Å²) in [4.78, 5) is 6.65. The molecule has 1 aliphatic heterocycles. The molecule has 1 fully saturated rings. The fourth-order valence-corrected chi connectivity index (χ4v) is 4.07. The van der Waals surface area contributed by atoms with E-state index < -0.39 is 0 Å². The normalized spacial score (nSPS) is 18.1. The van der Waals surface area contributed by atoms with Crippen molar-refractivity contribution in [1.29, 1.82) is 0 Å². The fourth-order valence-electron chi connectivity index (χ4n) is 4.07. The topological polar surface area (TPSA) is 51.4 Å². The van der Waals surface area contributed by atoms with Crippen molar-refractivity contribution in [3.8, 4) is 5.75 Å². The van der Waals surface area contributed by atoms with Crippen LogP contribution in [0, 0.1) is 0 Å². The molecule has 0 radical (unpaired) electrons. The van der Waals surface area contributed by atoms with E-state index in [-0.39, 0.29) is 11.5 Å². The lowest BCUT2D eigenvalue weighted by atomic mass is 9.86. The molecule has 0 bridgehead atoms. The largest absolute Gasteiger partial charge is 0.489 e. The van der Waals surface area contributed by atoms with Crippen molar-refractivity contribution >= 4 is 16.6 Å². The fraction of sp³-hybridized carbons (Fsp3) is 0.400. The number of hydrogen-bond donors (Lipinski definition) is 1. The van der Waals surface area contributed by atoms with Gasteiger partial charge < -0.3 is 10.5 Å². The van der Waals surface area contributed by atoms with Crippen LogP contribution < -0.4 is 10.5 Å². The molecule has 0 spiro atoms. The summed E-state index contributed by atoms with van der Waals surface area (Å²) in [6.07, 6.45) is 4.22. The van der Waals surface area contributed by atoms with Crippen LogP contribution in [0.3, 0.4) is 0 Å². The molecule has 1 atom stereocenters. The molecule has 4 rings (SSSR count). The van der Waals surface area contributed by atoms with Crippen molar-refractivity contribution < 1.29 is 4.74 Å². The number of fused-ring (bicyclic) bond motifs is 1. The number of benzene rings is 2. The Kier molecular flexibility index (Phi) is 5.46. The average Bonchev–Trinajstić information content (AvgIpc) is 2.68. The molecule has 1 unspecified atom stereocenters. The lowest BCUT2D eigenvalue weighted by molar-refractivity contribution is 0.0844. The van der Waals surface area contributed by atoms with Crippen molar-refractivity contribution in [2.45, 2.75) is 51.7 Å². The van der Waals surface area contributed by atoms with Crippen LogP contribution in [0.1, 0.15) is 44.7 Å². The Bertz CT molecular complexity index is 976. The number of rotatable bonds is 4. The molecule has 2 aromatic carbocycles. The molecule has 1 aliphatic rings. The minimum atomic E-state index is 0.198. The van der Waals surface area contributed by atoms with E-state index in [0.717, 1.165) is 49.0 Å². The van der Waals surface area contributed by atoms with E-state index in [1.165, 1.54) is 11.1 Å². The molecular formula is C25H31N3O. The number of pyridine rings is 1. The first-order valence-electron chi connectivity index (χ1n) is 10.5. The maximum absolute atomic E-state index is 6.33. The first kappa shape index (κ1) is 19.7. The van der Waals surface area contributed by atoms with Gasteiger partial charge in [0.15, 0.2) is 0 Å². The van der Waals surface area contributed by atoms with E-state index in [1.54, 1.807) is 6.20 Å². The quantitative estimate of drug-likeness (QED) is 0.670. The molecule has 2 N–H and O–H groups in total. The van der Waals surface area contributed by atoms with Gasteiger partial charge in [0, 0.05) is 24.7 Å². The maximum Gasteiger partial charge on any atom is 0.131 e. The van der Waals surface area contributed by atoms with E-state index >= 15 is 0 Å². The van der Waals surface area contributed by atoms with Gasteiger partial charge in [-0.3, -0.25) is 4.90 Å². The zero-order chi connectivity index (χ0) is 20.4. The summed E-state index contributed by atoms with van der Waals surface area (Å²) < 4.78 is 6.33. The third kappa shape index (κ3) is 4.70. The zero-order valence-electron chi connectivity index (χ0n) is 17.7. The van der Waals surface area contributed by atoms with E-state index in [4.69, 9.17) is 10.5 Å². The van der Waals surface area contributed by atoms with Gasteiger partial charge in [-0.05, 0) is 65.6 Å². The molecule has 1 aromatic heterocycles. The number of piperidine rings is 1. The van der Waals surface area contributed by atoms with Crippen LogP contribution in [-0.4, -0.2) is 29.1 Å². The summed E-state index contributed by atoms with van der Waals surface area (Å²) in [6.45, 7) is 9.83. The van der Waals surface area contributed by atoms with E-state index in [9.17, 15) is 0 Å². The standard InChI is InChI=1S/C25H31N3O/c1-25(2,3)20-8-6-18(7-9-20)16-28-14-4-5-22(17-28)29-21-10-11-23-19(15-21)12-13-27-24(23)26/h6-13,15,22H,4-5,14,16-17H2,1-3H3,(H2,26,27). The summed E-state index contributed by atoms with van der Waals surface area (Å²) in [7, 11) is 0. The van der Waals surface area contributed by atoms with Crippen molar-refractivity contribution in [3.63, 3.8) is 0 Å². The monoisotopic (exact) mass is 389 g/mol. The van der Waals surface area contributed by atoms with Gasteiger partial charge in [0.05, 0.1) is 0 Å². The van der Waals surface area contributed by atoms with Gasteiger partial charge in [-0.2, -0.15) is 0 Å². The van der Waals surface area contributed by atoms with Crippen LogP contribution in [0.15, 0.2) is 54.7 Å². The number of nitrogens with two attached hydrogens (primary N) is 1. The van der Waals surface area contributed by atoms with Crippen LogP contribution in [0.2, 0.25) is 0 Å². The number of likely N-dealkylation sites (tertiary alicyclic amines) is 1. The highest BCUT2D eigenvalue weighted by molar-refractivity contribution is 5.91. The van der Waals surface area contributed by atoms with Crippen LogP contribution in [0.4, 0.5) is 5.82 Å². The van der Waals surface area contributed by atoms with Gasteiger partial charge in [-0.25, -0.2) is 4.98 Å². The highest BCUT2D eigenvalue weighted by Crippen LogP contribution is 2.27. The predicted octanol–water partition coefficient (Wildman–Crippen LogP) is 5.16. The molecule has 3 aromatic rings. The molecule has 0 aliphatic carbocycles. The van der Waals surface area contributed by atoms with Gasteiger partial charge in [0.2, 0.25) is 0 Å². The number of hydrogen-bond acceptors (Lipinski definition) is 4. The Balaban J connectivity index is 1.39. The zero-order valence-corrected chi connectivity index (χ0v) is 17.7. The lowest BCUT2D eigenvalue weighted by Crippen LogP contribution is -2.40. The molecule has 152 valence electrons. The molecule has 0 saturated carbocycles. The minimum absolute atomic E-state index is 0.198. The summed E-state index contributed by atoms with van der Waals surface area (Å²) >= 11 is 0. The first-order valence-corrected chi connectivity index (χ1v) is 10.5. The Hall–Kier alpha value is -2.59. The van der Waals surface area contributed by atoms with Crippen molar-refractivity contribution in [2.24, 2.45) is 0 Å². The molecule has 0 amide bonds. The Labute approximate surface area is 173 Å². The van der Waals surface area contributed by atoms with E-state index in [1.807, 2.05) is 18.2 Å². The van der Waals surface area contributed by atoms with Crippen molar-refractivity contribution in [2.75, 3.05) is 18.8 Å².